The zero-order chi connectivity index (χ0) is 21.1. The lowest BCUT2D eigenvalue weighted by Gasteiger charge is -2.23. The van der Waals surface area contributed by atoms with Crippen molar-refractivity contribution in [1.82, 2.24) is 9.78 Å². The van der Waals surface area contributed by atoms with Crippen LogP contribution in [0.5, 0.6) is 0 Å². The summed E-state index contributed by atoms with van der Waals surface area (Å²) in [6, 6.07) is 25.0. The molecule has 0 N–H and O–H groups in total. The molecule has 4 rings (SSSR count). The maximum absolute atomic E-state index is 13.0. The molecule has 150 valence electrons. The highest BCUT2D eigenvalue weighted by molar-refractivity contribution is 5.94. The molecule has 1 aromatic heterocycles. The first-order chi connectivity index (χ1) is 14.6. The monoisotopic (exact) mass is 397 g/mol. The van der Waals surface area contributed by atoms with Crippen LogP contribution in [-0.4, -0.2) is 22.2 Å². The SMILES string of the molecule is CCN(C(=O)Cn1nc(-c2ccc3ccccc3c2)ccc1=O)c1ccccc1C. The molecule has 30 heavy (non-hydrogen) atoms. The molecule has 5 nitrogen and oxygen atoms in total. The molecule has 0 saturated carbocycles. The molecule has 0 atom stereocenters. The van der Waals surface area contributed by atoms with E-state index in [-0.39, 0.29) is 18.0 Å². The van der Waals surface area contributed by atoms with Gasteiger partial charge < -0.3 is 4.90 Å². The number of anilines is 1. The zero-order valence-electron chi connectivity index (χ0n) is 17.1. The number of benzene rings is 3. The van der Waals surface area contributed by atoms with Gasteiger partial charge in [-0.25, -0.2) is 4.68 Å². The summed E-state index contributed by atoms with van der Waals surface area (Å²) >= 11 is 0. The first kappa shape index (κ1) is 19.6. The van der Waals surface area contributed by atoms with Gasteiger partial charge in [0.2, 0.25) is 5.91 Å². The molecule has 0 aliphatic heterocycles. The summed E-state index contributed by atoms with van der Waals surface area (Å²) in [4.78, 5) is 27.1. The Kier molecular flexibility index (Phi) is 5.44. The number of aromatic nitrogens is 2. The molecule has 3 aromatic carbocycles. The first-order valence-corrected chi connectivity index (χ1v) is 10.00. The Balaban J connectivity index is 1.65. The zero-order valence-corrected chi connectivity index (χ0v) is 17.1. The molecule has 0 unspecified atom stereocenters. The van der Waals surface area contributed by atoms with Crippen molar-refractivity contribution in [2.45, 2.75) is 20.4 Å². The maximum Gasteiger partial charge on any atom is 0.267 e. The summed E-state index contributed by atoms with van der Waals surface area (Å²) in [7, 11) is 0. The molecule has 5 heteroatoms. The normalized spacial score (nSPS) is 10.9. The van der Waals surface area contributed by atoms with Gasteiger partial charge in [0.1, 0.15) is 6.54 Å². The highest BCUT2D eigenvalue weighted by Crippen LogP contribution is 2.23. The topological polar surface area (TPSA) is 55.2 Å². The Bertz CT molecular complexity index is 1280. The van der Waals surface area contributed by atoms with E-state index in [1.165, 1.54) is 10.7 Å². The van der Waals surface area contributed by atoms with E-state index < -0.39 is 0 Å². The molecule has 4 aromatic rings. The molecule has 0 bridgehead atoms. The van der Waals surface area contributed by atoms with Crippen LogP contribution >= 0.6 is 0 Å². The molecule has 0 aliphatic carbocycles. The van der Waals surface area contributed by atoms with Crippen molar-refractivity contribution >= 4 is 22.4 Å². The van der Waals surface area contributed by atoms with Gasteiger partial charge >= 0.3 is 0 Å². The summed E-state index contributed by atoms with van der Waals surface area (Å²) in [6.07, 6.45) is 0. The molecule has 0 saturated heterocycles. The number of nitrogens with zero attached hydrogens (tertiary/aromatic N) is 3. The molecule has 1 heterocycles. The maximum atomic E-state index is 13.0. The smallest absolute Gasteiger partial charge is 0.267 e. The van der Waals surface area contributed by atoms with Crippen LogP contribution in [0.4, 0.5) is 5.69 Å². The Morgan fingerprint density at radius 2 is 1.67 bits per heavy atom. The average Bonchev–Trinajstić information content (AvgIpc) is 2.77. The van der Waals surface area contributed by atoms with E-state index >= 15 is 0 Å². The molecular formula is C25H23N3O2. The molecule has 0 spiro atoms. The van der Waals surface area contributed by atoms with E-state index in [1.807, 2.05) is 74.5 Å². The van der Waals surface area contributed by atoms with E-state index in [0.29, 0.717) is 12.2 Å². The van der Waals surface area contributed by atoms with Gasteiger partial charge in [0.25, 0.3) is 5.56 Å². The van der Waals surface area contributed by atoms with Gasteiger partial charge in [0.15, 0.2) is 0 Å². The van der Waals surface area contributed by atoms with Gasteiger partial charge in [-0.2, -0.15) is 5.10 Å². The second-order valence-corrected chi connectivity index (χ2v) is 7.20. The van der Waals surface area contributed by atoms with Crippen molar-refractivity contribution in [1.29, 1.82) is 0 Å². The van der Waals surface area contributed by atoms with Crippen molar-refractivity contribution in [3.63, 3.8) is 0 Å². The van der Waals surface area contributed by atoms with Crippen molar-refractivity contribution in [3.05, 3.63) is 94.8 Å². The van der Waals surface area contributed by atoms with Gasteiger partial charge in [0.05, 0.1) is 5.69 Å². The highest BCUT2D eigenvalue weighted by Gasteiger charge is 2.17. The summed E-state index contributed by atoms with van der Waals surface area (Å²) in [5.41, 5.74) is 3.13. The molecular weight excluding hydrogens is 374 g/mol. The molecule has 0 aliphatic rings. The number of likely N-dealkylation sites (N-methyl/N-ethyl adjacent to an activating group) is 1. The van der Waals surface area contributed by atoms with Gasteiger partial charge in [-0.1, -0.05) is 54.6 Å². The Morgan fingerprint density at radius 1 is 0.933 bits per heavy atom. The number of amides is 1. The van der Waals surface area contributed by atoms with Crippen LogP contribution < -0.4 is 10.5 Å². The number of fused-ring (bicyclic) bond motifs is 1. The van der Waals surface area contributed by atoms with Crippen LogP contribution in [0.1, 0.15) is 12.5 Å². The largest absolute Gasteiger partial charge is 0.311 e. The highest BCUT2D eigenvalue weighted by atomic mass is 16.2. The van der Waals surface area contributed by atoms with E-state index in [0.717, 1.165) is 27.6 Å². The summed E-state index contributed by atoms with van der Waals surface area (Å²) in [5.74, 6) is -0.169. The third-order valence-corrected chi connectivity index (χ3v) is 5.22. The van der Waals surface area contributed by atoms with Gasteiger partial charge in [-0.05, 0) is 48.4 Å². The van der Waals surface area contributed by atoms with Crippen LogP contribution in [0.2, 0.25) is 0 Å². The van der Waals surface area contributed by atoms with E-state index in [1.54, 1.807) is 11.0 Å². The quantitative estimate of drug-likeness (QED) is 0.501. The van der Waals surface area contributed by atoms with Crippen LogP contribution in [-0.2, 0) is 11.3 Å². The van der Waals surface area contributed by atoms with Gasteiger partial charge in [0, 0.05) is 23.9 Å². The fraction of sp³-hybridized carbons (Fsp3) is 0.160. The third kappa shape index (κ3) is 3.87. The number of rotatable bonds is 5. The van der Waals surface area contributed by atoms with E-state index in [9.17, 15) is 9.59 Å². The predicted octanol–water partition coefficient (Wildman–Crippen LogP) is 4.43. The number of hydrogen-bond donors (Lipinski definition) is 0. The van der Waals surface area contributed by atoms with Crippen molar-refractivity contribution in [3.8, 4) is 11.3 Å². The average molecular weight is 397 g/mol. The lowest BCUT2D eigenvalue weighted by Crippen LogP contribution is -2.37. The fourth-order valence-corrected chi connectivity index (χ4v) is 3.63. The Labute approximate surface area is 175 Å². The lowest BCUT2D eigenvalue weighted by atomic mass is 10.1. The number of para-hydroxylation sites is 1. The van der Waals surface area contributed by atoms with Crippen LogP contribution in [0.3, 0.4) is 0 Å². The standard InChI is InChI=1S/C25H23N3O2/c1-3-27(23-11-7-4-8-18(23)2)25(30)17-28-24(29)15-14-22(26-28)21-13-12-19-9-5-6-10-20(19)16-21/h4-16H,3,17H2,1-2H3. The minimum atomic E-state index is -0.297. The number of aryl methyl sites for hydroxylation is 1. The lowest BCUT2D eigenvalue weighted by molar-refractivity contribution is -0.119. The second-order valence-electron chi connectivity index (χ2n) is 7.20. The van der Waals surface area contributed by atoms with Gasteiger partial charge in [-0.3, -0.25) is 9.59 Å². The summed E-state index contributed by atoms with van der Waals surface area (Å²) in [5, 5.41) is 6.72. The van der Waals surface area contributed by atoms with Crippen LogP contribution in [0.15, 0.2) is 83.7 Å². The second kappa shape index (κ2) is 8.33. The number of carbonyl (C=O) groups excluding carboxylic acids is 1. The van der Waals surface area contributed by atoms with E-state index in [4.69, 9.17) is 0 Å². The van der Waals surface area contributed by atoms with Crippen molar-refractivity contribution in [2.75, 3.05) is 11.4 Å². The molecule has 1 amide bonds. The van der Waals surface area contributed by atoms with Crippen molar-refractivity contribution < 1.29 is 4.79 Å². The summed E-state index contributed by atoms with van der Waals surface area (Å²) < 4.78 is 1.24. The van der Waals surface area contributed by atoms with Gasteiger partial charge in [-0.15, -0.1) is 0 Å². The fourth-order valence-electron chi connectivity index (χ4n) is 3.63. The third-order valence-electron chi connectivity index (χ3n) is 5.22. The minimum Gasteiger partial charge on any atom is -0.311 e. The van der Waals surface area contributed by atoms with E-state index in [2.05, 4.69) is 11.2 Å². The Hall–Kier alpha value is -3.73. The van der Waals surface area contributed by atoms with Crippen LogP contribution in [0.25, 0.3) is 22.0 Å². The summed E-state index contributed by atoms with van der Waals surface area (Å²) in [6.45, 7) is 4.30. The predicted molar refractivity (Wildman–Crippen MR) is 121 cm³/mol. The number of hydrogen-bond acceptors (Lipinski definition) is 3. The first-order valence-electron chi connectivity index (χ1n) is 10.00. The number of carbonyl (C=O) groups is 1. The van der Waals surface area contributed by atoms with Crippen LogP contribution in [0, 0.1) is 6.92 Å². The minimum absolute atomic E-state index is 0.109. The molecule has 0 fully saturated rings. The van der Waals surface area contributed by atoms with Crippen molar-refractivity contribution in [2.24, 2.45) is 0 Å². The molecule has 0 radical (unpaired) electrons. The Morgan fingerprint density at radius 3 is 2.43 bits per heavy atom.